The van der Waals surface area contributed by atoms with E-state index in [0.29, 0.717) is 0 Å². The molecule has 1 fully saturated rings. The summed E-state index contributed by atoms with van der Waals surface area (Å²) in [5, 5.41) is 0. The monoisotopic (exact) mass is 310 g/mol. The Morgan fingerprint density at radius 1 is 0.739 bits per heavy atom. The molecule has 4 nitrogen and oxygen atoms in total. The molecule has 2 atom stereocenters. The maximum Gasteiger partial charge on any atom is 0.310 e. The minimum absolute atomic E-state index is 0.395. The number of hydrogen-bond acceptors (Lipinski definition) is 4. The van der Waals surface area contributed by atoms with Crippen LogP contribution in [0.1, 0.15) is 11.1 Å². The van der Waals surface area contributed by atoms with E-state index in [1.54, 1.807) is 0 Å². The number of methoxy groups -OCH3 is 2. The van der Waals surface area contributed by atoms with Crippen LogP contribution in [-0.2, 0) is 24.5 Å². The summed E-state index contributed by atoms with van der Waals surface area (Å²) in [5.74, 6) is -1.95. The number of carbonyl (C=O) groups is 2. The van der Waals surface area contributed by atoms with Gasteiger partial charge in [-0.3, -0.25) is 9.59 Å². The summed E-state index contributed by atoms with van der Waals surface area (Å²) in [5.41, 5.74) is 1.09. The normalized spacial score (nSPS) is 21.3. The summed E-state index contributed by atoms with van der Waals surface area (Å²) >= 11 is 0. The Hall–Kier alpha value is -2.62. The van der Waals surface area contributed by atoms with Crippen molar-refractivity contribution in [3.8, 4) is 0 Å². The van der Waals surface area contributed by atoms with Crippen molar-refractivity contribution in [2.75, 3.05) is 14.2 Å². The van der Waals surface area contributed by atoms with Crippen molar-refractivity contribution in [1.82, 2.24) is 0 Å². The van der Waals surface area contributed by atoms with Crippen LogP contribution >= 0.6 is 0 Å². The Balaban J connectivity index is 2.20. The van der Waals surface area contributed by atoms with E-state index < -0.39 is 29.2 Å². The second-order valence-corrected chi connectivity index (χ2v) is 5.60. The fourth-order valence-electron chi connectivity index (χ4n) is 3.60. The Bertz CT molecular complexity index is 645. The van der Waals surface area contributed by atoms with Crippen LogP contribution in [0.15, 0.2) is 60.7 Å². The molecule has 0 spiro atoms. The minimum Gasteiger partial charge on any atom is -0.469 e. The second kappa shape index (κ2) is 5.88. The average molecular weight is 310 g/mol. The second-order valence-electron chi connectivity index (χ2n) is 5.60. The van der Waals surface area contributed by atoms with E-state index in [2.05, 4.69) is 0 Å². The first-order valence-corrected chi connectivity index (χ1v) is 7.44. The molecule has 0 radical (unpaired) electrons. The highest BCUT2D eigenvalue weighted by Crippen LogP contribution is 2.64. The molecule has 2 aromatic rings. The van der Waals surface area contributed by atoms with Crippen LogP contribution in [0.2, 0.25) is 0 Å². The largest absolute Gasteiger partial charge is 0.469 e. The summed E-state index contributed by atoms with van der Waals surface area (Å²) in [6.07, 6.45) is 0. The van der Waals surface area contributed by atoms with Gasteiger partial charge in [0.1, 0.15) is 0 Å². The van der Waals surface area contributed by atoms with Gasteiger partial charge < -0.3 is 9.47 Å². The van der Waals surface area contributed by atoms with Crippen molar-refractivity contribution in [2.24, 2.45) is 11.8 Å². The summed E-state index contributed by atoms with van der Waals surface area (Å²) < 4.78 is 9.90. The number of carbonyl (C=O) groups excluding carboxylic acids is 2. The summed E-state index contributed by atoms with van der Waals surface area (Å²) in [6.45, 7) is 0. The Morgan fingerprint density at radius 2 is 1.09 bits per heavy atom. The molecule has 4 heteroatoms. The zero-order chi connectivity index (χ0) is 16.4. The molecule has 0 unspecified atom stereocenters. The van der Waals surface area contributed by atoms with E-state index in [0.717, 1.165) is 11.1 Å². The molecular weight excluding hydrogens is 292 g/mol. The smallest absolute Gasteiger partial charge is 0.310 e. The summed E-state index contributed by atoms with van der Waals surface area (Å²) in [6, 6.07) is 19.2. The molecule has 1 saturated carbocycles. The zero-order valence-electron chi connectivity index (χ0n) is 13.1. The van der Waals surface area contributed by atoms with Gasteiger partial charge in [-0.15, -0.1) is 0 Å². The molecule has 1 aliphatic rings. The SMILES string of the molecule is COC(=O)[C@@H]1[C@H](C(=O)OC)C1(c1ccccc1)c1ccccc1. The lowest BCUT2D eigenvalue weighted by Crippen LogP contribution is -2.19. The van der Waals surface area contributed by atoms with Crippen LogP contribution in [0, 0.1) is 11.8 Å². The van der Waals surface area contributed by atoms with Gasteiger partial charge in [0.05, 0.1) is 26.1 Å². The van der Waals surface area contributed by atoms with Gasteiger partial charge in [-0.1, -0.05) is 60.7 Å². The van der Waals surface area contributed by atoms with Crippen LogP contribution in [0.5, 0.6) is 0 Å². The van der Waals surface area contributed by atoms with Gasteiger partial charge in [0, 0.05) is 5.41 Å². The summed E-state index contributed by atoms with van der Waals surface area (Å²) in [7, 11) is 2.69. The van der Waals surface area contributed by atoms with Gasteiger partial charge in [-0.2, -0.15) is 0 Å². The van der Waals surface area contributed by atoms with Crippen LogP contribution in [0.4, 0.5) is 0 Å². The lowest BCUT2D eigenvalue weighted by atomic mass is 9.84. The molecule has 0 saturated heterocycles. The molecule has 118 valence electrons. The molecule has 0 aromatic heterocycles. The van der Waals surface area contributed by atoms with E-state index in [4.69, 9.17) is 9.47 Å². The van der Waals surface area contributed by atoms with Gasteiger partial charge in [0.25, 0.3) is 0 Å². The average Bonchev–Trinajstić information content (AvgIpc) is 3.33. The molecule has 23 heavy (non-hydrogen) atoms. The van der Waals surface area contributed by atoms with E-state index >= 15 is 0 Å². The Morgan fingerprint density at radius 3 is 1.39 bits per heavy atom. The third-order valence-corrected chi connectivity index (χ3v) is 4.62. The first-order valence-electron chi connectivity index (χ1n) is 7.44. The van der Waals surface area contributed by atoms with E-state index in [-0.39, 0.29) is 0 Å². The lowest BCUT2D eigenvalue weighted by molar-refractivity contribution is -0.148. The molecule has 0 heterocycles. The molecule has 3 rings (SSSR count). The fourth-order valence-corrected chi connectivity index (χ4v) is 3.60. The molecule has 0 aliphatic heterocycles. The highest BCUT2D eigenvalue weighted by atomic mass is 16.5. The third kappa shape index (κ3) is 2.22. The number of esters is 2. The quantitative estimate of drug-likeness (QED) is 0.815. The first kappa shape index (κ1) is 15.3. The fraction of sp³-hybridized carbons (Fsp3) is 0.263. The number of rotatable bonds is 4. The molecule has 0 N–H and O–H groups in total. The van der Waals surface area contributed by atoms with E-state index in [9.17, 15) is 9.59 Å². The predicted molar refractivity (Wildman–Crippen MR) is 84.7 cm³/mol. The first-order chi connectivity index (χ1) is 11.2. The van der Waals surface area contributed by atoms with E-state index in [1.165, 1.54) is 14.2 Å². The molecule has 1 aliphatic carbocycles. The minimum atomic E-state index is -0.733. The molecular formula is C19H18O4. The van der Waals surface area contributed by atoms with Crippen molar-refractivity contribution < 1.29 is 19.1 Å². The summed E-state index contributed by atoms with van der Waals surface area (Å²) in [4.78, 5) is 24.7. The van der Waals surface area contributed by atoms with Gasteiger partial charge >= 0.3 is 11.9 Å². The Kier molecular flexibility index (Phi) is 3.90. The van der Waals surface area contributed by atoms with Crippen LogP contribution in [-0.4, -0.2) is 26.2 Å². The van der Waals surface area contributed by atoms with E-state index in [1.807, 2.05) is 60.7 Å². The molecule has 0 amide bonds. The van der Waals surface area contributed by atoms with Gasteiger partial charge in [0.15, 0.2) is 0 Å². The van der Waals surface area contributed by atoms with Crippen molar-refractivity contribution in [2.45, 2.75) is 5.41 Å². The zero-order valence-corrected chi connectivity index (χ0v) is 13.1. The predicted octanol–water partition coefficient (Wildman–Crippen LogP) is 2.56. The standard InChI is InChI=1S/C19H18O4/c1-22-17(20)15-16(18(21)23-2)19(15,13-9-5-3-6-10-13)14-11-7-4-8-12-14/h3-12,15-16H,1-2H3/t15-,16+. The highest BCUT2D eigenvalue weighted by molar-refractivity contribution is 5.94. The van der Waals surface area contributed by atoms with Crippen LogP contribution in [0.3, 0.4) is 0 Å². The topological polar surface area (TPSA) is 52.6 Å². The van der Waals surface area contributed by atoms with Gasteiger partial charge in [0.2, 0.25) is 0 Å². The molecule has 2 aromatic carbocycles. The lowest BCUT2D eigenvalue weighted by Gasteiger charge is -2.19. The molecule has 0 bridgehead atoms. The number of benzene rings is 2. The van der Waals surface area contributed by atoms with Crippen molar-refractivity contribution >= 4 is 11.9 Å². The van der Waals surface area contributed by atoms with Crippen LogP contribution in [0.25, 0.3) is 0 Å². The van der Waals surface area contributed by atoms with Crippen molar-refractivity contribution in [1.29, 1.82) is 0 Å². The number of hydrogen-bond donors (Lipinski definition) is 0. The highest BCUT2D eigenvalue weighted by Gasteiger charge is 2.74. The van der Waals surface area contributed by atoms with Gasteiger partial charge in [-0.25, -0.2) is 0 Å². The van der Waals surface area contributed by atoms with Crippen molar-refractivity contribution in [3.05, 3.63) is 71.8 Å². The van der Waals surface area contributed by atoms with Crippen LogP contribution < -0.4 is 0 Å². The maximum absolute atomic E-state index is 12.3. The Labute approximate surface area is 135 Å². The van der Waals surface area contributed by atoms with Crippen molar-refractivity contribution in [3.63, 3.8) is 0 Å². The number of ether oxygens (including phenoxy) is 2. The third-order valence-electron chi connectivity index (χ3n) is 4.62. The maximum atomic E-state index is 12.3. The van der Waals surface area contributed by atoms with Gasteiger partial charge in [-0.05, 0) is 11.1 Å².